The van der Waals surface area contributed by atoms with Crippen molar-refractivity contribution in [2.75, 3.05) is 19.6 Å². The van der Waals surface area contributed by atoms with Gasteiger partial charge in [0.05, 0.1) is 6.54 Å². The summed E-state index contributed by atoms with van der Waals surface area (Å²) in [7, 11) is 0. The van der Waals surface area contributed by atoms with Gasteiger partial charge >= 0.3 is 5.97 Å². The van der Waals surface area contributed by atoms with Crippen molar-refractivity contribution in [3.8, 4) is 0 Å². The molecule has 1 N–H and O–H groups in total. The van der Waals surface area contributed by atoms with E-state index in [1.54, 1.807) is 0 Å². The Bertz CT molecular complexity index is 211. The van der Waals surface area contributed by atoms with E-state index in [1.165, 1.54) is 0 Å². The maximum absolute atomic E-state index is 10.4. The first-order valence-electron chi connectivity index (χ1n) is 4.12. The number of aliphatic carboxylic acids is 1. The monoisotopic (exact) mass is 170 g/mol. The van der Waals surface area contributed by atoms with Crippen molar-refractivity contribution >= 4 is 11.8 Å². The van der Waals surface area contributed by atoms with Crippen LogP contribution < -0.4 is 0 Å². The maximum atomic E-state index is 10.4. The van der Waals surface area contributed by atoms with Gasteiger partial charge in [0.15, 0.2) is 0 Å². The molecule has 1 rings (SSSR count). The number of amidine groups is 1. The van der Waals surface area contributed by atoms with Crippen molar-refractivity contribution in [1.82, 2.24) is 4.90 Å². The topological polar surface area (TPSA) is 52.9 Å². The Morgan fingerprint density at radius 1 is 1.75 bits per heavy atom. The Morgan fingerprint density at radius 2 is 2.42 bits per heavy atom. The lowest BCUT2D eigenvalue weighted by molar-refractivity contribution is -0.137. The zero-order valence-corrected chi connectivity index (χ0v) is 7.45. The number of rotatable bonds is 3. The summed E-state index contributed by atoms with van der Waals surface area (Å²) < 4.78 is 0. The van der Waals surface area contributed by atoms with E-state index in [4.69, 9.17) is 5.11 Å². The van der Waals surface area contributed by atoms with Crippen LogP contribution >= 0.6 is 0 Å². The summed E-state index contributed by atoms with van der Waals surface area (Å²) in [5, 5.41) is 8.58. The molecule has 4 nitrogen and oxygen atoms in total. The van der Waals surface area contributed by atoms with Gasteiger partial charge in [0, 0.05) is 12.5 Å². The number of aliphatic imine (C=N–C) groups is 1. The highest BCUT2D eigenvalue weighted by molar-refractivity contribution is 5.88. The van der Waals surface area contributed by atoms with Crippen molar-refractivity contribution in [1.29, 1.82) is 0 Å². The fourth-order valence-corrected chi connectivity index (χ4v) is 1.37. The Hall–Kier alpha value is -1.06. The number of hydrogen-bond acceptors (Lipinski definition) is 3. The van der Waals surface area contributed by atoms with Crippen LogP contribution in [0.5, 0.6) is 0 Å². The first-order valence-corrected chi connectivity index (χ1v) is 4.12. The predicted molar refractivity (Wildman–Crippen MR) is 46.3 cm³/mol. The molecule has 1 aliphatic heterocycles. The van der Waals surface area contributed by atoms with Crippen LogP contribution in [-0.2, 0) is 4.79 Å². The van der Waals surface area contributed by atoms with Crippen LogP contribution in [0.4, 0.5) is 0 Å². The molecular weight excluding hydrogens is 156 g/mol. The largest absolute Gasteiger partial charge is 0.480 e. The van der Waals surface area contributed by atoms with E-state index in [0.717, 1.165) is 18.9 Å². The highest BCUT2D eigenvalue weighted by Crippen LogP contribution is 2.09. The summed E-state index contributed by atoms with van der Waals surface area (Å²) in [6, 6.07) is 0. The maximum Gasteiger partial charge on any atom is 0.323 e. The number of carboxylic acids is 1. The summed E-state index contributed by atoms with van der Waals surface area (Å²) in [5.41, 5.74) is 0. The van der Waals surface area contributed by atoms with Gasteiger partial charge in [0.25, 0.3) is 0 Å². The molecule has 0 saturated carbocycles. The fraction of sp³-hybridized carbons (Fsp3) is 0.750. The number of carbonyl (C=O) groups is 1. The van der Waals surface area contributed by atoms with Crippen LogP contribution in [-0.4, -0.2) is 41.4 Å². The van der Waals surface area contributed by atoms with E-state index >= 15 is 0 Å². The second-order valence-corrected chi connectivity index (χ2v) is 3.21. The van der Waals surface area contributed by atoms with Crippen LogP contribution in [0.15, 0.2) is 4.99 Å². The molecule has 0 saturated heterocycles. The third kappa shape index (κ3) is 1.96. The third-order valence-electron chi connectivity index (χ3n) is 1.81. The second-order valence-electron chi connectivity index (χ2n) is 3.21. The molecule has 0 spiro atoms. The van der Waals surface area contributed by atoms with Crippen molar-refractivity contribution < 1.29 is 9.90 Å². The van der Waals surface area contributed by atoms with Gasteiger partial charge in [-0.3, -0.25) is 9.79 Å². The summed E-state index contributed by atoms with van der Waals surface area (Å²) >= 11 is 0. The lowest BCUT2D eigenvalue weighted by atomic mass is 10.2. The summed E-state index contributed by atoms with van der Waals surface area (Å²) in [6.45, 7) is 5.62. The highest BCUT2D eigenvalue weighted by Gasteiger charge is 2.20. The van der Waals surface area contributed by atoms with Crippen LogP contribution in [0, 0.1) is 5.92 Å². The number of carboxylic acid groups (broad SMARTS) is 1. The molecule has 0 aliphatic carbocycles. The van der Waals surface area contributed by atoms with E-state index < -0.39 is 5.97 Å². The zero-order valence-electron chi connectivity index (χ0n) is 7.45. The van der Waals surface area contributed by atoms with Gasteiger partial charge in [-0.2, -0.15) is 0 Å². The molecule has 0 aromatic heterocycles. The average molecular weight is 170 g/mol. The van der Waals surface area contributed by atoms with E-state index in [9.17, 15) is 4.79 Å². The Morgan fingerprint density at radius 3 is 2.92 bits per heavy atom. The smallest absolute Gasteiger partial charge is 0.323 e. The van der Waals surface area contributed by atoms with Crippen molar-refractivity contribution in [2.24, 2.45) is 10.9 Å². The van der Waals surface area contributed by atoms with Crippen LogP contribution in [0.1, 0.15) is 13.8 Å². The fourth-order valence-electron chi connectivity index (χ4n) is 1.37. The molecule has 0 amide bonds. The van der Waals surface area contributed by atoms with Crippen LogP contribution in [0.2, 0.25) is 0 Å². The minimum atomic E-state index is -0.787. The number of hydrogen-bond donors (Lipinski definition) is 1. The van der Waals surface area contributed by atoms with Gasteiger partial charge in [-0.15, -0.1) is 0 Å². The van der Waals surface area contributed by atoms with Gasteiger partial charge in [-0.1, -0.05) is 13.8 Å². The van der Waals surface area contributed by atoms with E-state index in [-0.39, 0.29) is 6.54 Å². The average Bonchev–Trinajstić information content (AvgIpc) is 2.33. The van der Waals surface area contributed by atoms with Gasteiger partial charge in [-0.05, 0) is 0 Å². The third-order valence-corrected chi connectivity index (χ3v) is 1.81. The Balaban J connectivity index is 2.56. The molecule has 0 bridgehead atoms. The van der Waals surface area contributed by atoms with Gasteiger partial charge in [0.2, 0.25) is 0 Å². The SMILES string of the molecule is CC(C)C1=NCCN1CC(=O)O. The van der Waals surface area contributed by atoms with E-state index in [2.05, 4.69) is 4.99 Å². The molecule has 12 heavy (non-hydrogen) atoms. The molecule has 1 aliphatic rings. The van der Waals surface area contributed by atoms with Crippen molar-refractivity contribution in [3.05, 3.63) is 0 Å². The number of nitrogens with zero attached hydrogens (tertiary/aromatic N) is 2. The lowest BCUT2D eigenvalue weighted by Crippen LogP contribution is -2.35. The van der Waals surface area contributed by atoms with Crippen molar-refractivity contribution in [2.45, 2.75) is 13.8 Å². The molecule has 0 atom stereocenters. The molecule has 0 aromatic carbocycles. The van der Waals surface area contributed by atoms with Crippen molar-refractivity contribution in [3.63, 3.8) is 0 Å². The minimum Gasteiger partial charge on any atom is -0.480 e. The molecular formula is C8H14N2O2. The first-order chi connectivity index (χ1) is 5.61. The Labute approximate surface area is 71.9 Å². The van der Waals surface area contributed by atoms with Crippen LogP contribution in [0.3, 0.4) is 0 Å². The van der Waals surface area contributed by atoms with Crippen LogP contribution in [0.25, 0.3) is 0 Å². The lowest BCUT2D eigenvalue weighted by Gasteiger charge is -2.19. The van der Waals surface area contributed by atoms with E-state index in [0.29, 0.717) is 5.92 Å². The Kier molecular flexibility index (Phi) is 2.68. The van der Waals surface area contributed by atoms with Gasteiger partial charge in [-0.25, -0.2) is 0 Å². The molecule has 0 aromatic rings. The molecule has 68 valence electrons. The summed E-state index contributed by atoms with van der Waals surface area (Å²) in [4.78, 5) is 16.5. The molecule has 1 heterocycles. The normalized spacial score (nSPS) is 16.9. The zero-order chi connectivity index (χ0) is 9.14. The van der Waals surface area contributed by atoms with Gasteiger partial charge in [0.1, 0.15) is 12.4 Å². The minimum absolute atomic E-state index is 0.0804. The molecule has 0 radical (unpaired) electrons. The summed E-state index contributed by atoms with van der Waals surface area (Å²) in [5.74, 6) is 0.467. The first kappa shape index (κ1) is 9.03. The molecule has 0 unspecified atom stereocenters. The standard InChI is InChI=1S/C8H14N2O2/c1-6(2)8-9-3-4-10(8)5-7(11)12/h6H,3-5H2,1-2H3,(H,11,12). The summed E-state index contributed by atoms with van der Waals surface area (Å²) in [6.07, 6.45) is 0. The van der Waals surface area contributed by atoms with Gasteiger partial charge < -0.3 is 10.0 Å². The second kappa shape index (κ2) is 3.56. The molecule has 0 fully saturated rings. The van der Waals surface area contributed by atoms with E-state index in [1.807, 2.05) is 18.7 Å². The molecule has 4 heteroatoms. The predicted octanol–water partition coefficient (Wildman–Crippen LogP) is 0.441. The highest BCUT2D eigenvalue weighted by atomic mass is 16.4. The quantitative estimate of drug-likeness (QED) is 0.668.